The Balaban J connectivity index is 1.83. The van der Waals surface area contributed by atoms with Crippen molar-refractivity contribution in [2.45, 2.75) is 32.1 Å². The van der Waals surface area contributed by atoms with Crippen LogP contribution in [0.5, 0.6) is 0 Å². The highest BCUT2D eigenvalue weighted by Crippen LogP contribution is 2.52. The number of thiophene rings is 1. The fourth-order valence-corrected chi connectivity index (χ4v) is 6.48. The monoisotopic (exact) mass is 578 g/mol. The molecule has 1 aliphatic carbocycles. The van der Waals surface area contributed by atoms with E-state index in [4.69, 9.17) is 15.2 Å². The molecule has 0 spiro atoms. The number of halogens is 2. The maximum Gasteiger partial charge on any atom is 0.338 e. The minimum absolute atomic E-state index is 0.00189. The van der Waals surface area contributed by atoms with E-state index in [-0.39, 0.29) is 42.2 Å². The van der Waals surface area contributed by atoms with E-state index in [9.17, 15) is 18.8 Å². The summed E-state index contributed by atoms with van der Waals surface area (Å²) in [6, 6.07) is 14.9. The highest BCUT2D eigenvalue weighted by atomic mass is 32.1. The van der Waals surface area contributed by atoms with Crippen LogP contribution < -0.4 is 10.6 Å². The lowest BCUT2D eigenvalue weighted by Gasteiger charge is -2.43. The molecule has 1 aromatic heterocycles. The third-order valence-electron chi connectivity index (χ3n) is 7.28. The molecule has 0 saturated carbocycles. The number of benzene rings is 2. The number of anilines is 1. The number of nitrogens with zero attached hydrogens (tertiary/aromatic N) is 1. The first-order chi connectivity index (χ1) is 19.8. The number of ketones is 1. The minimum atomic E-state index is -1.25. The normalized spacial score (nSPS) is 20.6. The first-order valence-electron chi connectivity index (χ1n) is 13.2. The summed E-state index contributed by atoms with van der Waals surface area (Å²) in [5.74, 6) is -6.46. The molecule has 7 nitrogen and oxygen atoms in total. The number of allylic oxidation sites excluding steroid dienone is 2. The zero-order chi connectivity index (χ0) is 29.3. The summed E-state index contributed by atoms with van der Waals surface area (Å²) in [6.45, 7) is 3.33. The van der Waals surface area contributed by atoms with Gasteiger partial charge in [-0.05, 0) is 62.0 Å². The van der Waals surface area contributed by atoms with Crippen LogP contribution in [0.4, 0.5) is 14.5 Å². The van der Waals surface area contributed by atoms with Crippen molar-refractivity contribution in [2.24, 2.45) is 11.7 Å². The molecule has 3 atom stereocenters. The van der Waals surface area contributed by atoms with Crippen molar-refractivity contribution in [1.29, 1.82) is 0 Å². The minimum Gasteiger partial charge on any atom is -0.465 e. The van der Waals surface area contributed by atoms with E-state index in [1.54, 1.807) is 19.9 Å². The van der Waals surface area contributed by atoms with Crippen molar-refractivity contribution in [3.8, 4) is 0 Å². The molecule has 1 aliphatic heterocycles. The second kappa shape index (κ2) is 11.7. The van der Waals surface area contributed by atoms with Crippen molar-refractivity contribution in [3.05, 3.63) is 111 Å². The lowest BCUT2D eigenvalue weighted by Crippen LogP contribution is -2.46. The predicted octanol–water partition coefficient (Wildman–Crippen LogP) is 5.55. The van der Waals surface area contributed by atoms with Gasteiger partial charge < -0.3 is 15.2 Å². The second-order valence-electron chi connectivity index (χ2n) is 9.57. The van der Waals surface area contributed by atoms with E-state index in [2.05, 4.69) is 0 Å². The number of nitrogens with two attached hydrogens (primary N) is 1. The fraction of sp³-hybridized carbons (Fsp3) is 0.258. The largest absolute Gasteiger partial charge is 0.465 e. The summed E-state index contributed by atoms with van der Waals surface area (Å²) in [7, 11) is 0. The molecule has 0 unspecified atom stereocenters. The Labute approximate surface area is 239 Å². The average molecular weight is 579 g/mol. The SMILES string of the molecule is CCOC(=O)C1=C(N)N(c2ccc(F)cc2)C2=C(C(=O)[C@@H](C(=O)OCC)[C@H](c3cccs3)C2)[C@@H]1c1ccccc1F. The molecule has 41 heavy (non-hydrogen) atoms. The van der Waals surface area contributed by atoms with Gasteiger partial charge >= 0.3 is 11.9 Å². The molecule has 212 valence electrons. The van der Waals surface area contributed by atoms with Gasteiger partial charge in [-0.15, -0.1) is 11.3 Å². The zero-order valence-electron chi connectivity index (χ0n) is 22.4. The molecule has 0 bridgehead atoms. The quantitative estimate of drug-likeness (QED) is 0.290. The number of rotatable bonds is 7. The van der Waals surface area contributed by atoms with Crippen LogP contribution in [0.2, 0.25) is 0 Å². The molecule has 2 aromatic carbocycles. The van der Waals surface area contributed by atoms with Gasteiger partial charge in [0.05, 0.1) is 24.7 Å². The van der Waals surface area contributed by atoms with Gasteiger partial charge in [0, 0.05) is 33.3 Å². The molecule has 2 aliphatic rings. The summed E-state index contributed by atoms with van der Waals surface area (Å²) >= 11 is 1.39. The van der Waals surface area contributed by atoms with Gasteiger partial charge in [-0.3, -0.25) is 14.5 Å². The summed E-state index contributed by atoms with van der Waals surface area (Å²) in [6.07, 6.45) is 0.143. The smallest absolute Gasteiger partial charge is 0.338 e. The predicted molar refractivity (Wildman–Crippen MR) is 150 cm³/mol. The van der Waals surface area contributed by atoms with Gasteiger partial charge in [0.25, 0.3) is 0 Å². The van der Waals surface area contributed by atoms with Crippen molar-refractivity contribution in [3.63, 3.8) is 0 Å². The van der Waals surface area contributed by atoms with E-state index >= 15 is 4.39 Å². The number of hydrogen-bond acceptors (Lipinski definition) is 8. The topological polar surface area (TPSA) is 98.9 Å². The number of hydrogen-bond donors (Lipinski definition) is 1. The van der Waals surface area contributed by atoms with E-state index in [1.165, 1.54) is 58.7 Å². The Morgan fingerprint density at radius 1 is 1.00 bits per heavy atom. The van der Waals surface area contributed by atoms with E-state index in [1.807, 2.05) is 17.5 Å². The first-order valence-corrected chi connectivity index (χ1v) is 14.1. The van der Waals surface area contributed by atoms with Gasteiger partial charge in [0.2, 0.25) is 0 Å². The molecule has 3 aromatic rings. The number of carbonyl (C=O) groups is 3. The third kappa shape index (κ3) is 5.04. The molecule has 0 saturated heterocycles. The molecule has 10 heteroatoms. The molecule has 0 radical (unpaired) electrons. The Hall–Kier alpha value is -4.31. The van der Waals surface area contributed by atoms with Crippen molar-refractivity contribution in [1.82, 2.24) is 0 Å². The molecular weight excluding hydrogens is 550 g/mol. The lowest BCUT2D eigenvalue weighted by atomic mass is 9.68. The van der Waals surface area contributed by atoms with Crippen LogP contribution in [0, 0.1) is 17.6 Å². The Morgan fingerprint density at radius 2 is 1.71 bits per heavy atom. The number of ether oxygens (including phenoxy) is 2. The van der Waals surface area contributed by atoms with Crippen LogP contribution in [0.3, 0.4) is 0 Å². The van der Waals surface area contributed by atoms with E-state index < -0.39 is 47.1 Å². The van der Waals surface area contributed by atoms with Crippen molar-refractivity contribution < 1.29 is 32.6 Å². The number of esters is 2. The lowest BCUT2D eigenvalue weighted by molar-refractivity contribution is -0.152. The third-order valence-corrected chi connectivity index (χ3v) is 8.29. The van der Waals surface area contributed by atoms with Crippen molar-refractivity contribution >= 4 is 34.7 Å². The van der Waals surface area contributed by atoms with Gasteiger partial charge in [0.1, 0.15) is 23.4 Å². The summed E-state index contributed by atoms with van der Waals surface area (Å²) < 4.78 is 40.1. The number of carbonyl (C=O) groups excluding carboxylic acids is 3. The van der Waals surface area contributed by atoms with Crippen LogP contribution in [-0.4, -0.2) is 30.9 Å². The molecule has 2 heterocycles. The fourth-order valence-electron chi connectivity index (χ4n) is 5.61. The molecular formula is C31H28F2N2O5S. The maximum atomic E-state index is 15.5. The Morgan fingerprint density at radius 3 is 2.34 bits per heavy atom. The van der Waals surface area contributed by atoms with Crippen LogP contribution in [0.15, 0.2) is 88.7 Å². The summed E-state index contributed by atoms with van der Waals surface area (Å²) in [5, 5.41) is 1.85. The van der Waals surface area contributed by atoms with Crippen LogP contribution in [-0.2, 0) is 23.9 Å². The molecule has 2 N–H and O–H groups in total. The van der Waals surface area contributed by atoms with Gasteiger partial charge in [-0.1, -0.05) is 24.3 Å². The first kappa shape index (κ1) is 28.2. The zero-order valence-corrected chi connectivity index (χ0v) is 23.3. The average Bonchev–Trinajstić information content (AvgIpc) is 3.49. The standard InChI is InChI=1S/C31H28F2N2O5S/c1-3-39-30(37)25-20(23-10-7-15-41-23)16-22-26(28(25)36)24(19-8-5-6-9-21(19)33)27(31(38)40-4-2)29(34)35(22)18-13-11-17(32)12-14-18/h5-15,20,24-25H,3-4,16,34H2,1-2H3/t20-,24-,25-/m0/s1. The van der Waals surface area contributed by atoms with Gasteiger partial charge in [-0.2, -0.15) is 0 Å². The van der Waals surface area contributed by atoms with Crippen LogP contribution in [0.25, 0.3) is 0 Å². The number of Topliss-reactive ketones (excluding diaryl/α,β-unsaturated/α-hetero) is 1. The van der Waals surface area contributed by atoms with Gasteiger partial charge in [-0.25, -0.2) is 13.6 Å². The maximum absolute atomic E-state index is 15.5. The Bertz CT molecular complexity index is 1550. The second-order valence-corrected chi connectivity index (χ2v) is 10.5. The highest BCUT2D eigenvalue weighted by molar-refractivity contribution is 7.10. The molecule has 5 rings (SSSR count). The van der Waals surface area contributed by atoms with Gasteiger partial charge in [0.15, 0.2) is 5.78 Å². The van der Waals surface area contributed by atoms with Crippen LogP contribution >= 0.6 is 11.3 Å². The van der Waals surface area contributed by atoms with Crippen LogP contribution in [0.1, 0.15) is 42.5 Å². The Kier molecular flexibility index (Phi) is 8.03. The highest BCUT2D eigenvalue weighted by Gasteiger charge is 2.52. The summed E-state index contributed by atoms with van der Waals surface area (Å²) in [5.41, 5.74) is 7.42. The van der Waals surface area contributed by atoms with E-state index in [0.29, 0.717) is 11.4 Å². The summed E-state index contributed by atoms with van der Waals surface area (Å²) in [4.78, 5) is 43.7. The van der Waals surface area contributed by atoms with E-state index in [0.717, 1.165) is 4.88 Å². The van der Waals surface area contributed by atoms with Crippen molar-refractivity contribution in [2.75, 3.05) is 18.1 Å². The molecule has 0 fully saturated rings. The molecule has 0 amide bonds.